The third-order valence-electron chi connectivity index (χ3n) is 6.77. The van der Waals surface area contributed by atoms with E-state index in [-0.39, 0.29) is 35.9 Å². The third-order valence-corrected chi connectivity index (χ3v) is 10.1. The van der Waals surface area contributed by atoms with Gasteiger partial charge >= 0.3 is 23.5 Å². The molecule has 0 aromatic carbocycles. The number of hydrogen-bond acceptors (Lipinski definition) is 17. The molecule has 10 N–H and O–H groups in total. The number of phosphoric ester groups is 3. The molecule has 3 heterocycles. The summed E-state index contributed by atoms with van der Waals surface area (Å²) in [5, 5.41) is 26.1. The highest BCUT2D eigenvalue weighted by molar-refractivity contribution is 7.80. The van der Waals surface area contributed by atoms with Crippen LogP contribution in [0.2, 0.25) is 0 Å². The van der Waals surface area contributed by atoms with E-state index in [1.54, 1.807) is 0 Å². The normalized spacial score (nSPS) is 23.1. The number of anilines is 1. The number of nitrogens with zero attached hydrogens (tertiary/aromatic N) is 4. The van der Waals surface area contributed by atoms with Crippen LogP contribution in [0, 0.1) is 5.41 Å². The summed E-state index contributed by atoms with van der Waals surface area (Å²) in [5.74, 6) is -0.881. The zero-order valence-corrected chi connectivity index (χ0v) is 29.5. The number of nitrogens with two attached hydrogens (primary N) is 1. The fourth-order valence-electron chi connectivity index (χ4n) is 4.35. The molecule has 278 valence electrons. The molecule has 0 radical (unpaired) electrons. The van der Waals surface area contributed by atoms with Crippen LogP contribution in [0.3, 0.4) is 0 Å². The number of imidazole rings is 1. The van der Waals surface area contributed by atoms with E-state index in [1.165, 1.54) is 24.7 Å². The Morgan fingerprint density at radius 1 is 1.10 bits per heavy atom. The van der Waals surface area contributed by atoms with Crippen molar-refractivity contribution >= 4 is 64.9 Å². The maximum absolute atomic E-state index is 12.5. The minimum atomic E-state index is -5.39. The van der Waals surface area contributed by atoms with Gasteiger partial charge in [0.1, 0.15) is 30.2 Å². The zero-order chi connectivity index (χ0) is 36.8. The molecule has 2 aromatic rings. The van der Waals surface area contributed by atoms with Gasteiger partial charge in [0.15, 0.2) is 17.7 Å². The second-order valence-electron chi connectivity index (χ2n) is 11.1. The molecule has 0 saturated carbocycles. The summed E-state index contributed by atoms with van der Waals surface area (Å²) in [6.07, 6.45) is -6.40. The number of aliphatic hydroxyl groups excluding tert-OH is 2. The summed E-state index contributed by atoms with van der Waals surface area (Å²) in [5.41, 5.74) is 4.44. The quantitative estimate of drug-likeness (QED) is 0.0586. The molecule has 2 aromatic heterocycles. The third kappa shape index (κ3) is 12.0. The molecular formula is C22H38N7O16P3S. The summed E-state index contributed by atoms with van der Waals surface area (Å²) < 4.78 is 61.9. The number of ether oxygens (including phenoxy) is 1. The Kier molecular flexibility index (Phi) is 14.3. The van der Waals surface area contributed by atoms with Crippen molar-refractivity contribution in [3.8, 4) is 0 Å². The molecule has 3 rings (SSSR count). The number of rotatable bonds is 19. The number of aliphatic hydroxyl groups is 2. The fraction of sp³-hybridized carbons (Fsp3) is 0.682. The van der Waals surface area contributed by atoms with E-state index in [0.717, 1.165) is 6.33 Å². The van der Waals surface area contributed by atoms with Crippen molar-refractivity contribution in [2.45, 2.75) is 57.3 Å². The highest BCUT2D eigenvalue weighted by atomic mass is 32.1. The first-order valence-electron chi connectivity index (χ1n) is 14.2. The number of aromatic nitrogens is 4. The molecular weight excluding hydrogens is 743 g/mol. The lowest BCUT2D eigenvalue weighted by atomic mass is 9.87. The van der Waals surface area contributed by atoms with Crippen LogP contribution in [-0.4, -0.2) is 118 Å². The van der Waals surface area contributed by atoms with Crippen molar-refractivity contribution in [2.24, 2.45) is 5.41 Å². The van der Waals surface area contributed by atoms with E-state index in [2.05, 4.69) is 42.5 Å². The number of thiol groups is 1. The number of phosphoric acid groups is 3. The van der Waals surface area contributed by atoms with Crippen LogP contribution in [0.4, 0.5) is 5.82 Å². The van der Waals surface area contributed by atoms with Gasteiger partial charge in [0.05, 0.1) is 25.6 Å². The Morgan fingerprint density at radius 3 is 2.43 bits per heavy atom. The van der Waals surface area contributed by atoms with Crippen LogP contribution in [0.1, 0.15) is 32.9 Å². The number of carbonyl (C=O) groups excluding carboxylic acids is 2. The van der Waals surface area contributed by atoms with Crippen molar-refractivity contribution in [3.05, 3.63) is 12.7 Å². The van der Waals surface area contributed by atoms with Gasteiger partial charge in [-0.15, -0.1) is 0 Å². The molecule has 7 unspecified atom stereocenters. The molecule has 7 atom stereocenters. The Labute approximate surface area is 283 Å². The van der Waals surface area contributed by atoms with Crippen molar-refractivity contribution < 1.29 is 75.7 Å². The van der Waals surface area contributed by atoms with E-state index in [4.69, 9.17) is 24.0 Å². The van der Waals surface area contributed by atoms with Gasteiger partial charge in [0.25, 0.3) is 0 Å². The van der Waals surface area contributed by atoms with Gasteiger partial charge in [0.2, 0.25) is 11.8 Å². The smallest absolute Gasteiger partial charge is 0.386 e. The predicted molar refractivity (Wildman–Crippen MR) is 168 cm³/mol. The largest absolute Gasteiger partial charge is 0.481 e. The molecule has 23 nitrogen and oxygen atoms in total. The van der Waals surface area contributed by atoms with Crippen molar-refractivity contribution in [1.82, 2.24) is 30.2 Å². The second-order valence-corrected chi connectivity index (χ2v) is 15.8. The van der Waals surface area contributed by atoms with Gasteiger partial charge in [-0.3, -0.25) is 27.7 Å². The molecule has 2 amide bonds. The predicted octanol–water partition coefficient (Wildman–Crippen LogP) is -1.28. The monoisotopic (exact) mass is 781 g/mol. The Bertz CT molecular complexity index is 1610. The van der Waals surface area contributed by atoms with Crippen LogP contribution in [-0.2, 0) is 45.9 Å². The summed E-state index contributed by atoms with van der Waals surface area (Å²) >= 11 is 3.95. The Morgan fingerprint density at radius 2 is 1.78 bits per heavy atom. The molecule has 1 fully saturated rings. The van der Waals surface area contributed by atoms with Gasteiger partial charge in [0, 0.05) is 37.1 Å². The van der Waals surface area contributed by atoms with Crippen LogP contribution in [0.25, 0.3) is 11.2 Å². The molecule has 1 aliphatic rings. The number of hydrogen-bond donors (Lipinski definition) is 10. The molecule has 0 bridgehead atoms. The van der Waals surface area contributed by atoms with Crippen molar-refractivity contribution in [2.75, 3.05) is 37.8 Å². The van der Waals surface area contributed by atoms with E-state index in [9.17, 15) is 53.1 Å². The van der Waals surface area contributed by atoms with E-state index < -0.39 is 85.1 Å². The van der Waals surface area contributed by atoms with Crippen LogP contribution in [0.15, 0.2) is 12.7 Å². The lowest BCUT2D eigenvalue weighted by molar-refractivity contribution is -0.137. The number of amides is 2. The van der Waals surface area contributed by atoms with Crippen LogP contribution in [0.5, 0.6) is 0 Å². The van der Waals surface area contributed by atoms with Crippen LogP contribution < -0.4 is 16.4 Å². The number of nitrogens with one attached hydrogen (secondary N) is 2. The number of fused-ring (bicyclic) bond motifs is 1. The molecule has 1 aliphatic heterocycles. The summed E-state index contributed by atoms with van der Waals surface area (Å²) in [4.78, 5) is 74.6. The highest BCUT2D eigenvalue weighted by Crippen LogP contribution is 2.61. The average molecular weight is 782 g/mol. The van der Waals surface area contributed by atoms with E-state index in [1.807, 2.05) is 0 Å². The van der Waals surface area contributed by atoms with Gasteiger partial charge in [-0.25, -0.2) is 28.6 Å². The van der Waals surface area contributed by atoms with Crippen molar-refractivity contribution in [3.63, 3.8) is 0 Å². The lowest BCUT2D eigenvalue weighted by Crippen LogP contribution is -2.46. The lowest BCUT2D eigenvalue weighted by Gasteiger charge is -2.29. The van der Waals surface area contributed by atoms with Crippen molar-refractivity contribution in [1.29, 1.82) is 0 Å². The summed E-state index contributed by atoms with van der Waals surface area (Å²) in [7, 11) is -16.0. The zero-order valence-electron chi connectivity index (χ0n) is 25.9. The first kappa shape index (κ1) is 41.3. The number of carbonyl (C=O) groups is 2. The number of nitrogen functional groups attached to an aromatic ring is 1. The minimum absolute atomic E-state index is 0.00321. The van der Waals surface area contributed by atoms with E-state index in [0.29, 0.717) is 12.3 Å². The second kappa shape index (κ2) is 16.9. The first-order valence-corrected chi connectivity index (χ1v) is 19.3. The maximum Gasteiger partial charge on any atom is 0.481 e. The summed E-state index contributed by atoms with van der Waals surface area (Å²) in [6, 6.07) is 0. The van der Waals surface area contributed by atoms with Gasteiger partial charge in [-0.05, 0) is 0 Å². The summed E-state index contributed by atoms with van der Waals surface area (Å²) in [6.45, 7) is 1.10. The van der Waals surface area contributed by atoms with Gasteiger partial charge < -0.3 is 50.9 Å². The standard InChI is InChI=1S/C22H38N7O16P3S/c1-22(2,17(32)20(33)25-5-3-13(30)24-6-8-49)9-42-48(39,40)45-47(37,38)41-7-4-12-16(44-46(34,35)36)15(31)21(43-12)29-11-28-14-18(23)26-10-27-19(14)29/h10-12,15-17,21,31-32,49H,3-9H2,1-2H3,(H,24,30)(H,25,33)(H,37,38)(H,39,40)(H2,23,26,27)(H2,34,35,36). The Hall–Kier alpha value is -2.11. The fourth-order valence-corrected chi connectivity index (χ4v) is 7.29. The van der Waals surface area contributed by atoms with Crippen LogP contribution >= 0.6 is 36.1 Å². The molecule has 49 heavy (non-hydrogen) atoms. The van der Waals surface area contributed by atoms with Gasteiger partial charge in [-0.1, -0.05) is 13.8 Å². The first-order chi connectivity index (χ1) is 22.7. The molecule has 27 heteroatoms. The topological polar surface area (TPSA) is 347 Å². The maximum atomic E-state index is 12.5. The SMILES string of the molecule is CC(C)(COP(=O)(O)OP(=O)(O)OCCC1OC(n2cnc3c(N)ncnc32)C(O)C1OP(=O)(O)O)C(O)C(=O)NCCC(=O)NCCS. The highest BCUT2D eigenvalue weighted by Gasteiger charge is 2.49. The minimum Gasteiger partial charge on any atom is -0.386 e. The molecule has 1 saturated heterocycles. The van der Waals surface area contributed by atoms with E-state index >= 15 is 0 Å². The average Bonchev–Trinajstić information content (AvgIpc) is 3.55. The molecule has 0 aliphatic carbocycles. The Balaban J connectivity index is 1.56. The van der Waals surface area contributed by atoms with Gasteiger partial charge in [-0.2, -0.15) is 16.9 Å². The molecule has 0 spiro atoms.